The van der Waals surface area contributed by atoms with Gasteiger partial charge < -0.3 is 9.80 Å². The van der Waals surface area contributed by atoms with Crippen LogP contribution in [0.2, 0.25) is 0 Å². The third-order valence-corrected chi connectivity index (χ3v) is 5.12. The van der Waals surface area contributed by atoms with Crippen LogP contribution in [0.3, 0.4) is 0 Å². The van der Waals surface area contributed by atoms with E-state index in [9.17, 15) is 8.42 Å². The molecule has 0 fully saturated rings. The highest BCUT2D eigenvalue weighted by Gasteiger charge is 2.22. The van der Waals surface area contributed by atoms with Crippen LogP contribution < -0.4 is 14.9 Å². The zero-order valence-corrected chi connectivity index (χ0v) is 14.2. The first-order chi connectivity index (χ1) is 10.9. The number of anilines is 2. The summed E-state index contributed by atoms with van der Waals surface area (Å²) in [6.45, 7) is 1.63. The molecule has 0 saturated carbocycles. The molecule has 0 unspecified atom stereocenters. The first-order valence-electron chi connectivity index (χ1n) is 7.52. The van der Waals surface area contributed by atoms with Gasteiger partial charge in [-0.2, -0.15) is 0 Å². The summed E-state index contributed by atoms with van der Waals surface area (Å²) in [5.74, 6) is 0. The summed E-state index contributed by atoms with van der Waals surface area (Å²) >= 11 is 0. The lowest BCUT2D eigenvalue weighted by Crippen LogP contribution is -2.22. The molecule has 3 rings (SSSR count). The number of nitrogens with two attached hydrogens (primary N) is 1. The number of para-hydroxylation sites is 1. The number of hydrogen-bond acceptors (Lipinski definition) is 4. The monoisotopic (exact) mass is 331 g/mol. The van der Waals surface area contributed by atoms with Gasteiger partial charge in [-0.15, -0.1) is 0 Å². The van der Waals surface area contributed by atoms with E-state index in [1.165, 1.54) is 16.8 Å². The Kier molecular flexibility index (Phi) is 4.04. The number of benzene rings is 2. The van der Waals surface area contributed by atoms with Crippen molar-refractivity contribution in [2.75, 3.05) is 30.4 Å². The maximum atomic E-state index is 11.6. The lowest BCUT2D eigenvalue weighted by atomic mass is 10.1. The van der Waals surface area contributed by atoms with E-state index in [-0.39, 0.29) is 4.90 Å². The number of primary sulfonamides is 1. The van der Waals surface area contributed by atoms with E-state index in [0.717, 1.165) is 25.2 Å². The van der Waals surface area contributed by atoms with E-state index in [0.29, 0.717) is 0 Å². The van der Waals surface area contributed by atoms with Crippen molar-refractivity contribution in [3.8, 4) is 0 Å². The second-order valence-electron chi connectivity index (χ2n) is 6.03. The fourth-order valence-corrected chi connectivity index (χ4v) is 3.59. The Bertz CT molecular complexity index is 831. The molecule has 122 valence electrons. The number of rotatable bonds is 4. The maximum Gasteiger partial charge on any atom is 0.238 e. The number of sulfonamides is 1. The molecule has 2 aromatic carbocycles. The molecule has 0 radical (unpaired) electrons. The number of hydrogen-bond donors (Lipinski definition) is 1. The van der Waals surface area contributed by atoms with Gasteiger partial charge in [-0.25, -0.2) is 13.6 Å². The number of nitrogens with zero attached hydrogens (tertiary/aromatic N) is 2. The van der Waals surface area contributed by atoms with E-state index in [1.807, 2.05) is 32.3 Å². The second kappa shape index (κ2) is 5.86. The van der Waals surface area contributed by atoms with Gasteiger partial charge in [0.25, 0.3) is 0 Å². The zero-order valence-electron chi connectivity index (χ0n) is 13.4. The van der Waals surface area contributed by atoms with Crippen LogP contribution in [-0.4, -0.2) is 29.1 Å². The van der Waals surface area contributed by atoms with Crippen LogP contribution in [0.5, 0.6) is 0 Å². The minimum atomic E-state index is -3.68. The molecule has 23 heavy (non-hydrogen) atoms. The van der Waals surface area contributed by atoms with E-state index >= 15 is 0 Å². The van der Waals surface area contributed by atoms with E-state index in [2.05, 4.69) is 21.9 Å². The first kappa shape index (κ1) is 15.8. The summed E-state index contributed by atoms with van der Waals surface area (Å²) in [5, 5.41) is 5.26. The Morgan fingerprint density at radius 3 is 2.61 bits per heavy atom. The first-order valence-corrected chi connectivity index (χ1v) is 9.07. The third kappa shape index (κ3) is 3.18. The van der Waals surface area contributed by atoms with Gasteiger partial charge in [-0.3, -0.25) is 0 Å². The van der Waals surface area contributed by atoms with Crippen molar-refractivity contribution in [3.05, 3.63) is 53.6 Å². The molecular weight excluding hydrogens is 310 g/mol. The van der Waals surface area contributed by atoms with Gasteiger partial charge in [-0.05, 0) is 35.7 Å². The SMILES string of the molecule is CN(C)c1ccccc1CN1CCc2ccc(S(N)(=O)=O)cc21. The molecule has 0 bridgehead atoms. The molecule has 0 amide bonds. The van der Waals surface area contributed by atoms with Crippen molar-refractivity contribution >= 4 is 21.4 Å². The molecule has 0 aromatic heterocycles. The van der Waals surface area contributed by atoms with Crippen LogP contribution in [0.4, 0.5) is 11.4 Å². The predicted molar refractivity (Wildman–Crippen MR) is 93.3 cm³/mol. The predicted octanol–water partition coefficient (Wildman–Crippen LogP) is 1.96. The van der Waals surface area contributed by atoms with Gasteiger partial charge in [0.15, 0.2) is 0 Å². The summed E-state index contributed by atoms with van der Waals surface area (Å²) in [4.78, 5) is 4.48. The standard InChI is InChI=1S/C17H21N3O2S/c1-19(2)16-6-4-3-5-14(16)12-20-10-9-13-7-8-15(11-17(13)20)23(18,21)22/h3-8,11H,9-10,12H2,1-2H3,(H2,18,21,22). The highest BCUT2D eigenvalue weighted by Crippen LogP contribution is 2.32. The molecule has 1 aliphatic heterocycles. The van der Waals surface area contributed by atoms with Crippen molar-refractivity contribution in [1.29, 1.82) is 0 Å². The largest absolute Gasteiger partial charge is 0.377 e. The quantitative estimate of drug-likeness (QED) is 0.930. The van der Waals surface area contributed by atoms with Crippen molar-refractivity contribution < 1.29 is 8.42 Å². The Morgan fingerprint density at radius 1 is 1.17 bits per heavy atom. The molecule has 2 N–H and O–H groups in total. The molecule has 0 aliphatic carbocycles. The highest BCUT2D eigenvalue weighted by molar-refractivity contribution is 7.89. The zero-order chi connectivity index (χ0) is 16.6. The lowest BCUT2D eigenvalue weighted by Gasteiger charge is -2.24. The summed E-state index contributed by atoms with van der Waals surface area (Å²) in [6, 6.07) is 13.4. The van der Waals surface area contributed by atoms with Gasteiger partial charge in [0.05, 0.1) is 4.90 Å². The molecule has 6 heteroatoms. The maximum absolute atomic E-state index is 11.6. The lowest BCUT2D eigenvalue weighted by molar-refractivity contribution is 0.598. The summed E-state index contributed by atoms with van der Waals surface area (Å²) in [5.41, 5.74) is 4.51. The third-order valence-electron chi connectivity index (χ3n) is 4.21. The minimum absolute atomic E-state index is 0.170. The summed E-state index contributed by atoms with van der Waals surface area (Å²) in [6.07, 6.45) is 0.921. The summed E-state index contributed by atoms with van der Waals surface area (Å²) < 4.78 is 23.2. The van der Waals surface area contributed by atoms with Crippen LogP contribution in [0.25, 0.3) is 0 Å². The highest BCUT2D eigenvalue weighted by atomic mass is 32.2. The Balaban J connectivity index is 1.94. The smallest absolute Gasteiger partial charge is 0.238 e. The summed E-state index contributed by atoms with van der Waals surface area (Å²) in [7, 11) is 0.370. The molecule has 0 spiro atoms. The van der Waals surface area contributed by atoms with Crippen LogP contribution in [0, 0.1) is 0 Å². The Morgan fingerprint density at radius 2 is 1.91 bits per heavy atom. The average Bonchev–Trinajstić information content (AvgIpc) is 2.89. The Hall–Kier alpha value is -2.05. The molecule has 0 saturated heterocycles. The van der Waals surface area contributed by atoms with E-state index in [1.54, 1.807) is 12.1 Å². The average molecular weight is 331 g/mol. The van der Waals surface area contributed by atoms with Crippen molar-refractivity contribution in [2.45, 2.75) is 17.9 Å². The molecule has 1 aliphatic rings. The van der Waals surface area contributed by atoms with E-state index < -0.39 is 10.0 Å². The van der Waals surface area contributed by atoms with Crippen molar-refractivity contribution in [3.63, 3.8) is 0 Å². The van der Waals surface area contributed by atoms with Crippen LogP contribution in [-0.2, 0) is 23.0 Å². The molecule has 1 heterocycles. The van der Waals surface area contributed by atoms with E-state index in [4.69, 9.17) is 5.14 Å². The van der Waals surface area contributed by atoms with Crippen LogP contribution in [0.15, 0.2) is 47.4 Å². The Labute approximate surface area is 137 Å². The minimum Gasteiger partial charge on any atom is -0.377 e. The van der Waals surface area contributed by atoms with Gasteiger partial charge in [0.2, 0.25) is 10.0 Å². The van der Waals surface area contributed by atoms with Crippen molar-refractivity contribution in [1.82, 2.24) is 0 Å². The number of fused-ring (bicyclic) bond motifs is 1. The second-order valence-corrected chi connectivity index (χ2v) is 7.59. The molecule has 2 aromatic rings. The fraction of sp³-hybridized carbons (Fsp3) is 0.294. The van der Waals surface area contributed by atoms with Crippen molar-refractivity contribution in [2.24, 2.45) is 5.14 Å². The van der Waals surface area contributed by atoms with Gasteiger partial charge in [0.1, 0.15) is 0 Å². The van der Waals surface area contributed by atoms with Gasteiger partial charge >= 0.3 is 0 Å². The van der Waals surface area contributed by atoms with Gasteiger partial charge in [-0.1, -0.05) is 24.3 Å². The van der Waals surface area contributed by atoms with Crippen LogP contribution in [0.1, 0.15) is 11.1 Å². The molecule has 5 nitrogen and oxygen atoms in total. The molecule has 0 atom stereocenters. The fourth-order valence-electron chi connectivity index (χ4n) is 3.05. The van der Waals surface area contributed by atoms with Gasteiger partial charge in [0, 0.05) is 38.6 Å². The topological polar surface area (TPSA) is 66.6 Å². The van der Waals surface area contributed by atoms with Crippen LogP contribution >= 0.6 is 0 Å². The normalized spacial score (nSPS) is 14.0. The molecular formula is C17H21N3O2S.